The molecule has 1 saturated heterocycles. The minimum absolute atomic E-state index is 0.567. The summed E-state index contributed by atoms with van der Waals surface area (Å²) in [7, 11) is 0. The molecule has 18 heavy (non-hydrogen) atoms. The fourth-order valence-corrected chi connectivity index (χ4v) is 3.12. The van der Waals surface area contributed by atoms with Crippen LogP contribution in [0.3, 0.4) is 0 Å². The van der Waals surface area contributed by atoms with Gasteiger partial charge < -0.3 is 10.1 Å². The lowest BCUT2D eigenvalue weighted by Crippen LogP contribution is -2.24. The van der Waals surface area contributed by atoms with Gasteiger partial charge >= 0.3 is 0 Å². The van der Waals surface area contributed by atoms with Crippen LogP contribution in [-0.2, 0) is 0 Å². The maximum absolute atomic E-state index is 5.75. The average molecular weight is 265 g/mol. The molecule has 0 amide bonds. The van der Waals surface area contributed by atoms with Crippen molar-refractivity contribution in [2.24, 2.45) is 5.92 Å². The summed E-state index contributed by atoms with van der Waals surface area (Å²) in [5, 5.41) is 3.62. The van der Waals surface area contributed by atoms with Gasteiger partial charge in [0.1, 0.15) is 5.75 Å². The lowest BCUT2D eigenvalue weighted by Gasteiger charge is -2.23. The summed E-state index contributed by atoms with van der Waals surface area (Å²) in [5.74, 6) is 4.10. The van der Waals surface area contributed by atoms with Crippen molar-refractivity contribution in [2.75, 3.05) is 23.4 Å². The smallest absolute Gasteiger partial charge is 0.121 e. The third-order valence-electron chi connectivity index (χ3n) is 3.01. The highest BCUT2D eigenvalue weighted by Crippen LogP contribution is 2.23. The topological polar surface area (TPSA) is 21.3 Å². The number of hydrogen-bond donors (Lipinski definition) is 1. The fourth-order valence-electron chi connectivity index (χ4n) is 2.02. The van der Waals surface area contributed by atoms with Gasteiger partial charge in [-0.2, -0.15) is 11.8 Å². The zero-order valence-corrected chi connectivity index (χ0v) is 12.1. The predicted octanol–water partition coefficient (Wildman–Crippen LogP) is 4.03. The third-order valence-corrected chi connectivity index (χ3v) is 4.06. The molecule has 2 rings (SSSR count). The first-order valence-electron chi connectivity index (χ1n) is 6.81. The van der Waals surface area contributed by atoms with Crippen LogP contribution in [0.25, 0.3) is 0 Å². The summed E-state index contributed by atoms with van der Waals surface area (Å²) in [6, 6.07) is 8.97. The van der Waals surface area contributed by atoms with E-state index in [0.717, 1.165) is 12.4 Å². The Morgan fingerprint density at radius 2 is 2.11 bits per heavy atom. The van der Waals surface area contributed by atoms with Crippen LogP contribution in [0.4, 0.5) is 5.69 Å². The van der Waals surface area contributed by atoms with Crippen molar-refractivity contribution in [2.45, 2.75) is 32.7 Å². The van der Waals surface area contributed by atoms with E-state index in [-0.39, 0.29) is 0 Å². The molecule has 2 nitrogen and oxygen atoms in total. The van der Waals surface area contributed by atoms with Crippen LogP contribution in [0.2, 0.25) is 0 Å². The molecule has 0 saturated carbocycles. The maximum atomic E-state index is 5.75. The molecule has 0 aromatic heterocycles. The minimum Gasteiger partial charge on any atom is -0.493 e. The second-order valence-electron chi connectivity index (χ2n) is 5.26. The number of rotatable bonds is 5. The summed E-state index contributed by atoms with van der Waals surface area (Å²) in [5.41, 5.74) is 1.19. The van der Waals surface area contributed by atoms with Crippen molar-refractivity contribution >= 4 is 17.4 Å². The molecule has 1 heterocycles. The Labute approximate surface area is 114 Å². The second kappa shape index (κ2) is 6.93. The highest BCUT2D eigenvalue weighted by Gasteiger charge is 2.13. The molecule has 1 aliphatic heterocycles. The van der Waals surface area contributed by atoms with Crippen molar-refractivity contribution in [3.05, 3.63) is 24.3 Å². The van der Waals surface area contributed by atoms with Gasteiger partial charge in [0.2, 0.25) is 0 Å². The summed E-state index contributed by atoms with van der Waals surface area (Å²) < 4.78 is 5.75. The van der Waals surface area contributed by atoms with Gasteiger partial charge in [-0.05, 0) is 42.4 Å². The van der Waals surface area contributed by atoms with E-state index in [9.17, 15) is 0 Å². The highest BCUT2D eigenvalue weighted by atomic mass is 32.2. The van der Waals surface area contributed by atoms with Crippen LogP contribution >= 0.6 is 11.8 Å². The van der Waals surface area contributed by atoms with Gasteiger partial charge in [0.25, 0.3) is 0 Å². The van der Waals surface area contributed by atoms with E-state index < -0.39 is 0 Å². The summed E-state index contributed by atoms with van der Waals surface area (Å²) in [6.45, 7) is 5.12. The van der Waals surface area contributed by atoms with Gasteiger partial charge in [0.15, 0.2) is 0 Å². The molecular weight excluding hydrogens is 242 g/mol. The SMILES string of the molecule is CC(C)COc1cccc(NC2CCSCC2)c1. The molecule has 0 atom stereocenters. The molecule has 0 radical (unpaired) electrons. The summed E-state index contributed by atoms with van der Waals surface area (Å²) in [6.07, 6.45) is 2.53. The Morgan fingerprint density at radius 1 is 1.33 bits per heavy atom. The molecule has 1 aromatic carbocycles. The van der Waals surface area contributed by atoms with Crippen LogP contribution in [0.5, 0.6) is 5.75 Å². The molecule has 1 N–H and O–H groups in total. The lowest BCUT2D eigenvalue weighted by molar-refractivity contribution is 0.271. The van der Waals surface area contributed by atoms with Gasteiger partial charge in [-0.3, -0.25) is 0 Å². The fraction of sp³-hybridized carbons (Fsp3) is 0.600. The van der Waals surface area contributed by atoms with Crippen LogP contribution in [0.1, 0.15) is 26.7 Å². The molecule has 0 spiro atoms. The van der Waals surface area contributed by atoms with Crippen molar-refractivity contribution < 1.29 is 4.74 Å². The van der Waals surface area contributed by atoms with Crippen LogP contribution in [-0.4, -0.2) is 24.2 Å². The molecule has 1 aromatic rings. The largest absolute Gasteiger partial charge is 0.493 e. The third kappa shape index (κ3) is 4.45. The zero-order valence-electron chi connectivity index (χ0n) is 11.3. The zero-order chi connectivity index (χ0) is 12.8. The number of nitrogens with one attached hydrogen (secondary N) is 1. The Balaban J connectivity index is 1.89. The van der Waals surface area contributed by atoms with E-state index in [0.29, 0.717) is 12.0 Å². The number of anilines is 1. The standard InChI is InChI=1S/C15H23NOS/c1-12(2)11-17-15-5-3-4-14(10-15)16-13-6-8-18-9-7-13/h3-5,10,12-13,16H,6-9,11H2,1-2H3. The van der Waals surface area contributed by atoms with Crippen LogP contribution in [0.15, 0.2) is 24.3 Å². The van der Waals surface area contributed by atoms with Crippen molar-refractivity contribution in [3.63, 3.8) is 0 Å². The Kier molecular flexibility index (Phi) is 5.24. The number of ether oxygens (including phenoxy) is 1. The molecule has 0 aliphatic carbocycles. The minimum atomic E-state index is 0.567. The highest BCUT2D eigenvalue weighted by molar-refractivity contribution is 7.99. The summed E-state index contributed by atoms with van der Waals surface area (Å²) >= 11 is 2.06. The van der Waals surface area contributed by atoms with Gasteiger partial charge in [0.05, 0.1) is 6.61 Å². The number of thioether (sulfide) groups is 1. The normalized spacial score (nSPS) is 16.8. The Hall–Kier alpha value is -0.830. The first-order chi connectivity index (χ1) is 8.74. The van der Waals surface area contributed by atoms with Gasteiger partial charge in [0, 0.05) is 17.8 Å². The average Bonchev–Trinajstić information content (AvgIpc) is 2.38. The van der Waals surface area contributed by atoms with Crippen molar-refractivity contribution in [1.82, 2.24) is 0 Å². The Bertz CT molecular complexity index is 361. The van der Waals surface area contributed by atoms with E-state index in [2.05, 4.69) is 49.1 Å². The van der Waals surface area contributed by atoms with Gasteiger partial charge in [-0.25, -0.2) is 0 Å². The number of benzene rings is 1. The maximum Gasteiger partial charge on any atom is 0.121 e. The molecule has 0 bridgehead atoms. The van der Waals surface area contributed by atoms with E-state index in [1.165, 1.54) is 30.0 Å². The molecule has 3 heteroatoms. The van der Waals surface area contributed by atoms with E-state index in [1.54, 1.807) is 0 Å². The van der Waals surface area contributed by atoms with Gasteiger partial charge in [-0.15, -0.1) is 0 Å². The first-order valence-corrected chi connectivity index (χ1v) is 7.96. The lowest BCUT2D eigenvalue weighted by atomic mass is 10.1. The quantitative estimate of drug-likeness (QED) is 0.868. The van der Waals surface area contributed by atoms with E-state index >= 15 is 0 Å². The second-order valence-corrected chi connectivity index (χ2v) is 6.49. The van der Waals surface area contributed by atoms with Crippen LogP contribution < -0.4 is 10.1 Å². The van der Waals surface area contributed by atoms with Crippen molar-refractivity contribution in [1.29, 1.82) is 0 Å². The predicted molar refractivity (Wildman–Crippen MR) is 80.7 cm³/mol. The van der Waals surface area contributed by atoms with E-state index in [1.807, 2.05) is 6.07 Å². The number of hydrogen-bond acceptors (Lipinski definition) is 3. The molecule has 1 fully saturated rings. The van der Waals surface area contributed by atoms with Gasteiger partial charge in [-0.1, -0.05) is 19.9 Å². The molecule has 100 valence electrons. The molecule has 1 aliphatic rings. The summed E-state index contributed by atoms with van der Waals surface area (Å²) in [4.78, 5) is 0. The first kappa shape index (κ1) is 13.6. The van der Waals surface area contributed by atoms with Crippen LogP contribution in [0, 0.1) is 5.92 Å². The molecule has 0 unspecified atom stereocenters. The Morgan fingerprint density at radius 3 is 2.83 bits per heavy atom. The van der Waals surface area contributed by atoms with E-state index in [4.69, 9.17) is 4.74 Å². The molecular formula is C15H23NOS. The monoisotopic (exact) mass is 265 g/mol. The van der Waals surface area contributed by atoms with Crippen molar-refractivity contribution in [3.8, 4) is 5.75 Å².